The van der Waals surface area contributed by atoms with E-state index in [1.807, 2.05) is 0 Å². The molecule has 3 rings (SSSR count). The molecule has 1 N–H and O–H groups in total. The number of carboxylic acid groups (broad SMARTS) is 1. The smallest absolute Gasteiger partial charge is 0.492 e. The van der Waals surface area contributed by atoms with Gasteiger partial charge in [0.1, 0.15) is 17.3 Å². The monoisotopic (exact) mass is 428 g/mol. The highest BCUT2D eigenvalue weighted by molar-refractivity contribution is 6.34. The molecule has 1 aromatic heterocycles. The van der Waals surface area contributed by atoms with Crippen molar-refractivity contribution in [2.45, 2.75) is 12.8 Å². The summed E-state index contributed by atoms with van der Waals surface area (Å²) < 4.78 is 52.4. The van der Waals surface area contributed by atoms with Crippen molar-refractivity contribution in [1.29, 1.82) is 0 Å². The van der Waals surface area contributed by atoms with Crippen LogP contribution in [0.3, 0.4) is 0 Å². The van der Waals surface area contributed by atoms with Crippen LogP contribution in [-0.2, 0) is 4.79 Å². The van der Waals surface area contributed by atoms with Crippen molar-refractivity contribution >= 4 is 28.5 Å². The summed E-state index contributed by atoms with van der Waals surface area (Å²) in [5.41, 5.74) is -0.191. The van der Waals surface area contributed by atoms with Gasteiger partial charge < -0.3 is 19.0 Å². The van der Waals surface area contributed by atoms with Crippen LogP contribution in [0.4, 0.5) is 13.2 Å². The Kier molecular flexibility index (Phi) is 5.69. The molecule has 29 heavy (non-hydrogen) atoms. The maximum atomic E-state index is 12.5. The van der Waals surface area contributed by atoms with Crippen LogP contribution < -0.4 is 14.9 Å². The van der Waals surface area contributed by atoms with Crippen LogP contribution in [0, 0.1) is 0 Å². The highest BCUT2D eigenvalue weighted by Crippen LogP contribution is 2.36. The third-order valence-corrected chi connectivity index (χ3v) is 4.03. The first-order valence-electron chi connectivity index (χ1n) is 8.11. The summed E-state index contributed by atoms with van der Waals surface area (Å²) >= 11 is 6.07. The number of ether oxygens (including phenoxy) is 2. The van der Waals surface area contributed by atoms with E-state index in [-0.39, 0.29) is 39.7 Å². The van der Waals surface area contributed by atoms with Gasteiger partial charge in [-0.15, -0.1) is 13.2 Å². The Morgan fingerprint density at radius 1 is 1.17 bits per heavy atom. The standard InChI is InChI=1S/C19H12ClF3O6/c20-13-3-1-2-11-14(24)9-16(28-18(11)13)12-5-4-10(29-19(21,22)23)8-15(12)27-7-6-17(25)26/h1-5,8-9H,6-7H2,(H,25,26). The number of hydrogen-bond acceptors (Lipinski definition) is 5. The molecule has 6 nitrogen and oxygen atoms in total. The van der Waals surface area contributed by atoms with Gasteiger partial charge in [-0.05, 0) is 24.3 Å². The van der Waals surface area contributed by atoms with Crippen LogP contribution in [0.25, 0.3) is 22.3 Å². The lowest BCUT2D eigenvalue weighted by atomic mass is 10.1. The van der Waals surface area contributed by atoms with Gasteiger partial charge in [-0.1, -0.05) is 17.7 Å². The SMILES string of the molecule is O=C(O)CCOc1cc(OC(F)(F)F)ccc1-c1cc(=O)c2cccc(Cl)c2o1. The minimum atomic E-state index is -4.93. The van der Waals surface area contributed by atoms with Crippen molar-refractivity contribution in [2.24, 2.45) is 0 Å². The topological polar surface area (TPSA) is 86.0 Å². The van der Waals surface area contributed by atoms with Crippen molar-refractivity contribution < 1.29 is 37.0 Å². The third kappa shape index (κ3) is 5.00. The Bertz CT molecular complexity index is 1120. The van der Waals surface area contributed by atoms with E-state index in [2.05, 4.69) is 4.74 Å². The number of rotatable bonds is 6. The molecule has 0 atom stereocenters. The predicted octanol–water partition coefficient (Wildman–Crippen LogP) is 4.87. The Hall–Kier alpha value is -3.20. The summed E-state index contributed by atoms with van der Waals surface area (Å²) in [7, 11) is 0. The first-order chi connectivity index (χ1) is 13.6. The zero-order valence-electron chi connectivity index (χ0n) is 14.5. The lowest BCUT2D eigenvalue weighted by molar-refractivity contribution is -0.274. The van der Waals surface area contributed by atoms with Crippen LogP contribution in [0.1, 0.15) is 6.42 Å². The normalized spacial score (nSPS) is 11.4. The first kappa shape index (κ1) is 20.5. The largest absolute Gasteiger partial charge is 0.573 e. The number of para-hydroxylation sites is 1. The van der Waals surface area contributed by atoms with Crippen LogP contribution in [-0.4, -0.2) is 24.0 Å². The van der Waals surface area contributed by atoms with E-state index >= 15 is 0 Å². The number of carbonyl (C=O) groups is 1. The molecule has 0 aliphatic carbocycles. The van der Waals surface area contributed by atoms with Gasteiger partial charge in [0.05, 0.1) is 29.0 Å². The molecule has 0 amide bonds. The Balaban J connectivity index is 2.09. The van der Waals surface area contributed by atoms with E-state index in [9.17, 15) is 22.8 Å². The molecule has 0 bridgehead atoms. The maximum absolute atomic E-state index is 12.5. The van der Waals surface area contributed by atoms with Gasteiger partial charge in [-0.3, -0.25) is 9.59 Å². The van der Waals surface area contributed by atoms with Crippen molar-refractivity contribution in [2.75, 3.05) is 6.61 Å². The maximum Gasteiger partial charge on any atom is 0.573 e. The van der Waals surface area contributed by atoms with Crippen LogP contribution in [0.5, 0.6) is 11.5 Å². The number of hydrogen-bond donors (Lipinski definition) is 1. The minimum absolute atomic E-state index is 0.0144. The molecular weight excluding hydrogens is 417 g/mol. The fourth-order valence-electron chi connectivity index (χ4n) is 2.55. The van der Waals surface area contributed by atoms with Crippen LogP contribution in [0.15, 0.2) is 51.7 Å². The summed E-state index contributed by atoms with van der Waals surface area (Å²) in [6, 6.07) is 8.90. The second-order valence-electron chi connectivity index (χ2n) is 5.79. The highest BCUT2D eigenvalue weighted by atomic mass is 35.5. The highest BCUT2D eigenvalue weighted by Gasteiger charge is 2.31. The van der Waals surface area contributed by atoms with Gasteiger partial charge >= 0.3 is 12.3 Å². The first-order valence-corrected chi connectivity index (χ1v) is 8.49. The summed E-state index contributed by atoms with van der Waals surface area (Å²) in [6.07, 6.45) is -5.32. The van der Waals surface area contributed by atoms with Crippen molar-refractivity contribution in [3.8, 4) is 22.8 Å². The molecular formula is C19H12ClF3O6. The van der Waals surface area contributed by atoms with Gasteiger partial charge in [-0.2, -0.15) is 0 Å². The van der Waals surface area contributed by atoms with E-state index in [4.69, 9.17) is 25.9 Å². The fourth-order valence-corrected chi connectivity index (χ4v) is 2.76. The average Bonchev–Trinajstić information content (AvgIpc) is 2.61. The van der Waals surface area contributed by atoms with Crippen molar-refractivity contribution in [1.82, 2.24) is 0 Å². The van der Waals surface area contributed by atoms with E-state index in [0.29, 0.717) is 0 Å². The van der Waals surface area contributed by atoms with Crippen molar-refractivity contribution in [3.63, 3.8) is 0 Å². The van der Waals surface area contributed by atoms with Crippen LogP contribution >= 0.6 is 11.6 Å². The Morgan fingerprint density at radius 2 is 1.93 bits per heavy atom. The molecule has 0 aliphatic heterocycles. The van der Waals surface area contributed by atoms with E-state index < -0.39 is 29.9 Å². The molecule has 0 saturated carbocycles. The molecule has 0 radical (unpaired) electrons. The van der Waals surface area contributed by atoms with Gasteiger partial charge in [0.2, 0.25) is 0 Å². The molecule has 10 heteroatoms. The molecule has 152 valence electrons. The Labute approximate surface area is 166 Å². The number of halogens is 4. The second-order valence-corrected chi connectivity index (χ2v) is 6.20. The number of alkyl halides is 3. The molecule has 0 unspecified atom stereocenters. The van der Waals surface area contributed by atoms with E-state index in [0.717, 1.165) is 18.2 Å². The van der Waals surface area contributed by atoms with Gasteiger partial charge in [0.15, 0.2) is 11.0 Å². The minimum Gasteiger partial charge on any atom is -0.492 e. The zero-order chi connectivity index (χ0) is 21.2. The molecule has 1 heterocycles. The Morgan fingerprint density at radius 3 is 2.62 bits per heavy atom. The van der Waals surface area contributed by atoms with Gasteiger partial charge in [0.25, 0.3) is 0 Å². The lowest BCUT2D eigenvalue weighted by Gasteiger charge is -2.14. The second kappa shape index (κ2) is 8.04. The number of aliphatic carboxylic acids is 1. The average molecular weight is 429 g/mol. The molecule has 0 aliphatic rings. The molecule has 0 saturated heterocycles. The predicted molar refractivity (Wildman–Crippen MR) is 97.4 cm³/mol. The number of fused-ring (bicyclic) bond motifs is 1. The molecule has 0 fully saturated rings. The summed E-state index contributed by atoms with van der Waals surface area (Å²) in [5, 5.41) is 9.14. The molecule has 2 aromatic carbocycles. The molecule has 0 spiro atoms. The fraction of sp³-hybridized carbons (Fsp3) is 0.158. The van der Waals surface area contributed by atoms with Gasteiger partial charge in [-0.25, -0.2) is 0 Å². The lowest BCUT2D eigenvalue weighted by Crippen LogP contribution is -2.17. The summed E-state index contributed by atoms with van der Waals surface area (Å²) in [6.45, 7) is -0.323. The third-order valence-electron chi connectivity index (χ3n) is 3.73. The van der Waals surface area contributed by atoms with Crippen molar-refractivity contribution in [3.05, 3.63) is 57.7 Å². The zero-order valence-corrected chi connectivity index (χ0v) is 15.2. The summed E-state index contributed by atoms with van der Waals surface area (Å²) in [4.78, 5) is 23.1. The number of benzene rings is 2. The van der Waals surface area contributed by atoms with Crippen LogP contribution in [0.2, 0.25) is 5.02 Å². The molecule has 3 aromatic rings. The summed E-state index contributed by atoms with van der Waals surface area (Å²) in [5.74, 6) is -1.90. The van der Waals surface area contributed by atoms with E-state index in [1.165, 1.54) is 18.2 Å². The van der Waals surface area contributed by atoms with E-state index in [1.54, 1.807) is 6.07 Å². The quantitative estimate of drug-likeness (QED) is 0.603. The number of carboxylic acids is 1. The van der Waals surface area contributed by atoms with Gasteiger partial charge in [0, 0.05) is 12.1 Å².